The lowest BCUT2D eigenvalue weighted by Gasteiger charge is -2.05. The number of carbonyl (C=O) groups excluding carboxylic acids is 2. The Morgan fingerprint density at radius 2 is 1.91 bits per heavy atom. The van der Waals surface area contributed by atoms with E-state index in [1.807, 2.05) is 30.5 Å². The van der Waals surface area contributed by atoms with Gasteiger partial charge in [0.05, 0.1) is 11.5 Å². The van der Waals surface area contributed by atoms with Crippen LogP contribution in [-0.4, -0.2) is 23.3 Å². The van der Waals surface area contributed by atoms with E-state index in [1.165, 1.54) is 17.4 Å². The number of thiophene rings is 1. The first-order valence-corrected chi connectivity index (χ1v) is 11.4. The standard InChI is InChI=1S/C26H24FNO3S/c1-4-31-26(30)23-13-19-12-18(7-9-22(19)28-23)20-14-32-25(16(20)3)24(29)10-6-17-5-8-21(27)15(2)11-17/h5,7-9,11-14,28H,4,6,10H2,1-3H3. The van der Waals surface area contributed by atoms with E-state index in [-0.39, 0.29) is 17.6 Å². The number of aromatic amines is 1. The molecular weight excluding hydrogens is 425 g/mol. The predicted molar refractivity (Wildman–Crippen MR) is 126 cm³/mol. The Bertz CT molecular complexity index is 1320. The fourth-order valence-corrected chi connectivity index (χ4v) is 4.90. The highest BCUT2D eigenvalue weighted by molar-refractivity contribution is 7.12. The molecule has 32 heavy (non-hydrogen) atoms. The molecule has 4 aromatic rings. The maximum absolute atomic E-state index is 13.5. The third-order valence-corrected chi connectivity index (χ3v) is 6.71. The van der Waals surface area contributed by atoms with Crippen molar-refractivity contribution in [3.63, 3.8) is 0 Å². The van der Waals surface area contributed by atoms with Crippen molar-refractivity contribution < 1.29 is 18.7 Å². The monoisotopic (exact) mass is 449 g/mol. The van der Waals surface area contributed by atoms with Gasteiger partial charge < -0.3 is 9.72 Å². The summed E-state index contributed by atoms with van der Waals surface area (Å²) in [6.45, 7) is 5.79. The molecule has 4 nitrogen and oxygen atoms in total. The molecule has 0 radical (unpaired) electrons. The Kier molecular flexibility index (Phi) is 6.24. The van der Waals surface area contributed by atoms with Gasteiger partial charge in [0.15, 0.2) is 5.78 Å². The van der Waals surface area contributed by atoms with Gasteiger partial charge in [-0.2, -0.15) is 0 Å². The SMILES string of the molecule is CCOC(=O)c1cc2cc(-c3csc(C(=O)CCc4ccc(F)c(C)c4)c3C)ccc2[nH]1. The van der Waals surface area contributed by atoms with Crippen molar-refractivity contribution in [2.45, 2.75) is 33.6 Å². The summed E-state index contributed by atoms with van der Waals surface area (Å²) < 4.78 is 18.5. The van der Waals surface area contributed by atoms with Gasteiger partial charge in [-0.3, -0.25) is 4.79 Å². The molecule has 0 amide bonds. The average Bonchev–Trinajstić information content (AvgIpc) is 3.37. The third kappa shape index (κ3) is 4.36. The second kappa shape index (κ2) is 9.09. The Morgan fingerprint density at radius 1 is 1.09 bits per heavy atom. The van der Waals surface area contributed by atoms with Gasteiger partial charge in [-0.1, -0.05) is 18.2 Å². The first kappa shape index (κ1) is 22.0. The zero-order chi connectivity index (χ0) is 22.8. The summed E-state index contributed by atoms with van der Waals surface area (Å²) in [4.78, 5) is 28.7. The molecule has 2 aromatic carbocycles. The molecule has 0 aliphatic heterocycles. The molecule has 4 rings (SSSR count). The third-order valence-electron chi connectivity index (χ3n) is 5.58. The molecule has 0 atom stereocenters. The molecule has 0 saturated heterocycles. The molecule has 2 aromatic heterocycles. The van der Waals surface area contributed by atoms with Crippen LogP contribution in [0, 0.1) is 19.7 Å². The molecule has 0 aliphatic rings. The van der Waals surface area contributed by atoms with Crippen LogP contribution in [-0.2, 0) is 11.2 Å². The number of fused-ring (bicyclic) bond motifs is 1. The van der Waals surface area contributed by atoms with Crippen LogP contribution in [0.4, 0.5) is 4.39 Å². The molecular formula is C26H24FNO3S. The van der Waals surface area contributed by atoms with Crippen LogP contribution < -0.4 is 0 Å². The Balaban J connectivity index is 1.53. The summed E-state index contributed by atoms with van der Waals surface area (Å²) in [7, 11) is 0. The van der Waals surface area contributed by atoms with E-state index in [0.29, 0.717) is 30.7 Å². The minimum atomic E-state index is -0.374. The molecule has 0 fully saturated rings. The number of hydrogen-bond donors (Lipinski definition) is 1. The number of hydrogen-bond acceptors (Lipinski definition) is 4. The van der Waals surface area contributed by atoms with Crippen LogP contribution in [0.25, 0.3) is 22.0 Å². The molecule has 0 bridgehead atoms. The topological polar surface area (TPSA) is 59.2 Å². The number of rotatable bonds is 7. The van der Waals surface area contributed by atoms with Crippen LogP contribution >= 0.6 is 11.3 Å². The van der Waals surface area contributed by atoms with Crippen molar-refractivity contribution in [3.8, 4) is 11.1 Å². The van der Waals surface area contributed by atoms with Crippen LogP contribution in [0.15, 0.2) is 47.8 Å². The Labute approximate surface area is 190 Å². The number of carbonyl (C=O) groups is 2. The molecule has 0 aliphatic carbocycles. The zero-order valence-corrected chi connectivity index (χ0v) is 19.1. The number of ketones is 1. The highest BCUT2D eigenvalue weighted by Crippen LogP contribution is 2.34. The molecule has 164 valence electrons. The van der Waals surface area contributed by atoms with E-state index < -0.39 is 0 Å². The number of H-pyrrole nitrogens is 1. The second-order valence-corrected chi connectivity index (χ2v) is 8.70. The number of Topliss-reactive ketones (excluding diaryl/α,β-unsaturated/α-hetero) is 1. The van der Waals surface area contributed by atoms with Gasteiger partial charge in [0.1, 0.15) is 11.5 Å². The van der Waals surface area contributed by atoms with Gasteiger partial charge in [0.25, 0.3) is 0 Å². The maximum atomic E-state index is 13.5. The van der Waals surface area contributed by atoms with Crippen molar-refractivity contribution in [1.29, 1.82) is 0 Å². The largest absolute Gasteiger partial charge is 0.461 e. The minimum absolute atomic E-state index is 0.0908. The number of aromatic nitrogens is 1. The Morgan fingerprint density at radius 3 is 2.66 bits per heavy atom. The molecule has 6 heteroatoms. The first-order chi connectivity index (χ1) is 15.4. The number of benzene rings is 2. The van der Waals surface area contributed by atoms with Crippen LogP contribution in [0.1, 0.15) is 50.2 Å². The molecule has 0 saturated carbocycles. The summed E-state index contributed by atoms with van der Waals surface area (Å²) in [6.07, 6.45) is 0.962. The molecule has 0 spiro atoms. The van der Waals surface area contributed by atoms with Crippen LogP contribution in [0.2, 0.25) is 0 Å². The number of nitrogens with one attached hydrogen (secondary N) is 1. The van der Waals surface area contributed by atoms with E-state index in [9.17, 15) is 14.0 Å². The lowest BCUT2D eigenvalue weighted by Crippen LogP contribution is -2.04. The molecule has 0 unspecified atom stereocenters. The fraction of sp³-hybridized carbons (Fsp3) is 0.231. The van der Waals surface area contributed by atoms with Gasteiger partial charge in [0, 0.05) is 17.3 Å². The number of ether oxygens (including phenoxy) is 1. The van der Waals surface area contributed by atoms with Gasteiger partial charge >= 0.3 is 5.97 Å². The molecule has 1 N–H and O–H groups in total. The summed E-state index contributed by atoms with van der Waals surface area (Å²) in [5, 5.41) is 2.92. The van der Waals surface area contributed by atoms with Crippen molar-refractivity contribution in [2.24, 2.45) is 0 Å². The van der Waals surface area contributed by atoms with Crippen molar-refractivity contribution in [1.82, 2.24) is 4.98 Å². The highest BCUT2D eigenvalue weighted by Gasteiger charge is 2.17. The predicted octanol–water partition coefficient (Wildman–Crippen LogP) is 6.64. The normalized spacial score (nSPS) is 11.1. The average molecular weight is 450 g/mol. The van der Waals surface area contributed by atoms with E-state index in [1.54, 1.807) is 32.0 Å². The number of aryl methyl sites for hydroxylation is 2. The van der Waals surface area contributed by atoms with Crippen molar-refractivity contribution in [2.75, 3.05) is 6.61 Å². The number of halogens is 1. The summed E-state index contributed by atoms with van der Waals surface area (Å²) in [5.74, 6) is -0.512. The van der Waals surface area contributed by atoms with Gasteiger partial charge in [-0.05, 0) is 84.7 Å². The van der Waals surface area contributed by atoms with E-state index in [4.69, 9.17) is 4.74 Å². The maximum Gasteiger partial charge on any atom is 0.354 e. The first-order valence-electron chi connectivity index (χ1n) is 10.5. The van der Waals surface area contributed by atoms with Gasteiger partial charge in [-0.15, -0.1) is 11.3 Å². The van der Waals surface area contributed by atoms with Crippen molar-refractivity contribution in [3.05, 3.63) is 80.9 Å². The van der Waals surface area contributed by atoms with E-state index in [0.717, 1.165) is 38.0 Å². The smallest absolute Gasteiger partial charge is 0.354 e. The lowest BCUT2D eigenvalue weighted by atomic mass is 9.99. The molecule has 2 heterocycles. The quantitative estimate of drug-likeness (QED) is 0.254. The minimum Gasteiger partial charge on any atom is -0.461 e. The van der Waals surface area contributed by atoms with Gasteiger partial charge in [-0.25, -0.2) is 9.18 Å². The van der Waals surface area contributed by atoms with Crippen LogP contribution in [0.3, 0.4) is 0 Å². The van der Waals surface area contributed by atoms with Crippen molar-refractivity contribution >= 4 is 34.0 Å². The van der Waals surface area contributed by atoms with E-state index in [2.05, 4.69) is 4.98 Å². The fourth-order valence-electron chi connectivity index (χ4n) is 3.83. The lowest BCUT2D eigenvalue weighted by molar-refractivity contribution is 0.0520. The van der Waals surface area contributed by atoms with Gasteiger partial charge in [0.2, 0.25) is 0 Å². The zero-order valence-electron chi connectivity index (χ0n) is 18.3. The second-order valence-electron chi connectivity index (χ2n) is 7.82. The van der Waals surface area contributed by atoms with Crippen LogP contribution in [0.5, 0.6) is 0 Å². The Hall–Kier alpha value is -3.25. The summed E-state index contributed by atoms with van der Waals surface area (Å²) in [6, 6.07) is 12.7. The van der Waals surface area contributed by atoms with E-state index >= 15 is 0 Å². The summed E-state index contributed by atoms with van der Waals surface area (Å²) in [5.41, 5.74) is 5.79. The summed E-state index contributed by atoms with van der Waals surface area (Å²) >= 11 is 1.45. The number of esters is 1. The highest BCUT2D eigenvalue weighted by atomic mass is 32.1.